The summed E-state index contributed by atoms with van der Waals surface area (Å²) < 4.78 is 0. The van der Waals surface area contributed by atoms with Crippen molar-refractivity contribution >= 4 is 47.3 Å². The zero-order valence-electron chi connectivity index (χ0n) is 49.1. The molecule has 4 aromatic rings. The fraction of sp³-hybridized carbons (Fsp3) is 0.523. The molecule has 3 aliphatic heterocycles. The number of nitrogens with zero attached hydrogens (tertiary/aromatic N) is 3. The molecule has 82 heavy (non-hydrogen) atoms. The standard InChI is InChI=1S/C65H90N10O7/c1-6-7-10-27-54-39-41-57(75(54)65(82)72-60(77)46(3)67-5)63(80)73(52-25-13-9-14-26-52)44-49-32-30-47(31-33-49)21-17-19-42-68-64(81)69-43-20-18-22-48-34-36-51(37-35-48)58(50-23-11-8-12-24-50)71-61(78)56-40-38-53-28-15-16-29-55(62(79)74(53)56)70-59(76)45(2)66-4/h8-9,11-14,23-26,30-37,45-46,53-58,66-67H,6-7,10,15-22,27-29,38-44H2,1-5H3,(H,70,76)(H,71,78)(H2,68,69,81)(H,72,77,82)/t45-,46-,53-,54?,55-,56-,57-,58-/m0/s1. The largest absolute Gasteiger partial charge is 0.343 e. The number of imide groups is 1. The zero-order valence-corrected chi connectivity index (χ0v) is 49.1. The molecule has 1 unspecified atom stereocenters. The number of amides is 9. The van der Waals surface area contributed by atoms with Crippen molar-refractivity contribution in [2.24, 2.45) is 0 Å². The monoisotopic (exact) mass is 1120 g/mol. The van der Waals surface area contributed by atoms with Crippen molar-refractivity contribution in [3.63, 3.8) is 0 Å². The third kappa shape index (κ3) is 17.5. The van der Waals surface area contributed by atoms with Crippen LogP contribution in [0.1, 0.15) is 157 Å². The average Bonchev–Trinajstić information content (AvgIpc) is 4.27. The molecule has 7 rings (SSSR count). The summed E-state index contributed by atoms with van der Waals surface area (Å²) >= 11 is 0. The number of hydrogen-bond donors (Lipinski definition) is 7. The van der Waals surface area contributed by atoms with E-state index < -0.39 is 48.2 Å². The number of benzene rings is 4. The molecule has 3 aliphatic rings. The number of fused-ring (bicyclic) bond motifs is 1. The van der Waals surface area contributed by atoms with Crippen molar-refractivity contribution in [2.45, 2.75) is 191 Å². The summed E-state index contributed by atoms with van der Waals surface area (Å²) in [4.78, 5) is 100. The lowest BCUT2D eigenvalue weighted by molar-refractivity contribution is -0.144. The first-order chi connectivity index (χ1) is 39.8. The van der Waals surface area contributed by atoms with Gasteiger partial charge in [0.2, 0.25) is 29.5 Å². The van der Waals surface area contributed by atoms with Crippen molar-refractivity contribution in [1.82, 2.24) is 47.0 Å². The van der Waals surface area contributed by atoms with Gasteiger partial charge in [0.15, 0.2) is 0 Å². The molecule has 3 saturated heterocycles. The molecule has 0 bridgehead atoms. The van der Waals surface area contributed by atoms with Crippen molar-refractivity contribution < 1.29 is 33.6 Å². The van der Waals surface area contributed by atoms with E-state index in [9.17, 15) is 33.6 Å². The van der Waals surface area contributed by atoms with Crippen LogP contribution in [-0.4, -0.2) is 121 Å². The highest BCUT2D eigenvalue weighted by Crippen LogP contribution is 2.34. The minimum Gasteiger partial charge on any atom is -0.343 e. The Morgan fingerprint density at radius 1 is 0.610 bits per heavy atom. The number of carbonyl (C=O) groups is 7. The molecule has 17 nitrogen and oxygen atoms in total. The van der Waals surface area contributed by atoms with Gasteiger partial charge in [0.05, 0.1) is 24.7 Å². The molecule has 0 aromatic heterocycles. The maximum atomic E-state index is 14.6. The third-order valence-electron chi connectivity index (χ3n) is 16.8. The van der Waals surface area contributed by atoms with Crippen molar-refractivity contribution in [2.75, 3.05) is 32.1 Å². The molecule has 7 N–H and O–H groups in total. The summed E-state index contributed by atoms with van der Waals surface area (Å²) in [7, 11) is 3.38. The number of aryl methyl sites for hydroxylation is 2. The number of unbranched alkanes of at least 4 members (excludes halogenated alkanes) is 4. The second kappa shape index (κ2) is 31.9. The molecule has 0 radical (unpaired) electrons. The number of hydrogen-bond acceptors (Lipinski definition) is 9. The molecule has 8 atom stereocenters. The smallest absolute Gasteiger partial charge is 0.325 e. The predicted molar refractivity (Wildman–Crippen MR) is 322 cm³/mol. The van der Waals surface area contributed by atoms with Gasteiger partial charge in [0.25, 0.3) is 0 Å². The summed E-state index contributed by atoms with van der Waals surface area (Å²) in [6, 6.07) is 31.7. The molecule has 9 amide bonds. The Bertz CT molecular complexity index is 2690. The maximum Gasteiger partial charge on any atom is 0.325 e. The topological polar surface area (TPSA) is 213 Å². The Labute approximate surface area is 486 Å². The van der Waals surface area contributed by atoms with Gasteiger partial charge in [0, 0.05) is 30.9 Å². The first kappa shape index (κ1) is 62.5. The lowest BCUT2D eigenvalue weighted by Gasteiger charge is -2.36. The first-order valence-corrected chi connectivity index (χ1v) is 30.3. The van der Waals surface area contributed by atoms with Gasteiger partial charge in [-0.15, -0.1) is 0 Å². The van der Waals surface area contributed by atoms with Gasteiger partial charge >= 0.3 is 12.1 Å². The summed E-state index contributed by atoms with van der Waals surface area (Å²) in [5.41, 5.74) is 5.90. The molecule has 3 fully saturated rings. The van der Waals surface area contributed by atoms with Gasteiger partial charge < -0.3 is 46.6 Å². The fourth-order valence-electron chi connectivity index (χ4n) is 11.7. The van der Waals surface area contributed by atoms with Crippen LogP contribution in [0.2, 0.25) is 0 Å². The predicted octanol–water partition coefficient (Wildman–Crippen LogP) is 8.35. The van der Waals surface area contributed by atoms with Crippen LogP contribution < -0.4 is 42.1 Å². The van der Waals surface area contributed by atoms with Crippen LogP contribution in [0.25, 0.3) is 0 Å². The van der Waals surface area contributed by atoms with E-state index in [2.05, 4.69) is 80.5 Å². The number of rotatable bonds is 27. The minimum absolute atomic E-state index is 0.0341. The fourth-order valence-corrected chi connectivity index (χ4v) is 11.7. The lowest BCUT2D eigenvalue weighted by Crippen LogP contribution is -2.58. The number of anilines is 1. The maximum absolute atomic E-state index is 14.6. The highest BCUT2D eigenvalue weighted by Gasteiger charge is 2.45. The molecule has 4 aromatic carbocycles. The summed E-state index contributed by atoms with van der Waals surface area (Å²) in [5, 5.41) is 20.6. The molecular weight excluding hydrogens is 1030 g/mol. The lowest BCUT2D eigenvalue weighted by atomic mass is 9.96. The normalized spacial score (nSPS) is 19.9. The number of likely N-dealkylation sites (tertiary alicyclic amines) is 1. The van der Waals surface area contributed by atoms with Gasteiger partial charge in [-0.2, -0.15) is 0 Å². The van der Waals surface area contributed by atoms with Crippen LogP contribution in [0.15, 0.2) is 109 Å². The molecule has 0 spiro atoms. The van der Waals surface area contributed by atoms with Crippen LogP contribution in [0.4, 0.5) is 15.3 Å². The Morgan fingerprint density at radius 2 is 1.18 bits per heavy atom. The number of nitrogens with one attached hydrogen (secondary N) is 7. The molecule has 0 saturated carbocycles. The van der Waals surface area contributed by atoms with Crippen LogP contribution in [-0.2, 0) is 43.4 Å². The van der Waals surface area contributed by atoms with E-state index in [0.717, 1.165) is 123 Å². The Hall–Kier alpha value is -7.11. The zero-order chi connectivity index (χ0) is 58.4. The van der Waals surface area contributed by atoms with E-state index in [1.54, 1.807) is 42.6 Å². The van der Waals surface area contributed by atoms with E-state index >= 15 is 0 Å². The quantitative estimate of drug-likeness (QED) is 0.0286. The van der Waals surface area contributed by atoms with E-state index in [0.29, 0.717) is 45.3 Å². The number of urea groups is 2. The Kier molecular flexibility index (Phi) is 24.3. The van der Waals surface area contributed by atoms with E-state index in [-0.39, 0.29) is 41.7 Å². The second-order valence-corrected chi connectivity index (χ2v) is 22.6. The van der Waals surface area contributed by atoms with Gasteiger partial charge in [-0.1, -0.05) is 136 Å². The van der Waals surface area contributed by atoms with E-state index in [1.165, 1.54) is 0 Å². The Morgan fingerprint density at radius 3 is 1.82 bits per heavy atom. The van der Waals surface area contributed by atoms with Crippen molar-refractivity contribution in [3.05, 3.63) is 137 Å². The molecule has 0 aliphatic carbocycles. The molecule has 442 valence electrons. The molecule has 17 heteroatoms. The summed E-state index contributed by atoms with van der Waals surface area (Å²) in [6.45, 7) is 7.03. The highest BCUT2D eigenvalue weighted by molar-refractivity contribution is 6.02. The van der Waals surface area contributed by atoms with Gasteiger partial charge in [-0.3, -0.25) is 29.3 Å². The van der Waals surface area contributed by atoms with Crippen LogP contribution in [0.5, 0.6) is 0 Å². The van der Waals surface area contributed by atoms with Gasteiger partial charge in [-0.25, -0.2) is 9.59 Å². The Balaban J connectivity index is 0.832. The van der Waals surface area contributed by atoms with Crippen LogP contribution in [0, 0.1) is 0 Å². The van der Waals surface area contributed by atoms with Crippen molar-refractivity contribution in [3.8, 4) is 0 Å². The van der Waals surface area contributed by atoms with Gasteiger partial charge in [0.1, 0.15) is 18.1 Å². The highest BCUT2D eigenvalue weighted by atomic mass is 16.2. The molecular formula is C65H90N10O7. The van der Waals surface area contributed by atoms with E-state index in [4.69, 9.17) is 0 Å². The summed E-state index contributed by atoms with van der Waals surface area (Å²) in [6.07, 6.45) is 14.6. The average molecular weight is 1120 g/mol. The first-order valence-electron chi connectivity index (χ1n) is 30.3. The van der Waals surface area contributed by atoms with E-state index in [1.807, 2.05) is 72.8 Å². The number of para-hydroxylation sites is 1. The van der Waals surface area contributed by atoms with Gasteiger partial charge in [-0.05, 0) is 151 Å². The molecule has 3 heterocycles. The second-order valence-electron chi connectivity index (χ2n) is 22.6. The van der Waals surface area contributed by atoms with Crippen LogP contribution >= 0.6 is 0 Å². The van der Waals surface area contributed by atoms with Crippen LogP contribution in [0.3, 0.4) is 0 Å². The SMILES string of the molecule is CCCCCC1CC[C@@H](C(=O)N(Cc2ccc(CCCCNC(=O)NCCCCc3ccc([C@@H](NC(=O)[C@@H]4CC[C@@H]5CCCC[C@H](NC(=O)[C@H](C)NC)C(=O)N54)c4ccccc4)cc3)cc2)c2ccccc2)N1C(=O)NC(=O)[C@H](C)NC. The summed E-state index contributed by atoms with van der Waals surface area (Å²) in [5.74, 6) is -1.19. The van der Waals surface area contributed by atoms with Crippen molar-refractivity contribution in [1.29, 1.82) is 0 Å². The third-order valence-corrected chi connectivity index (χ3v) is 16.8. The minimum atomic E-state index is -0.704. The number of carbonyl (C=O) groups excluding carboxylic acids is 7. The number of likely N-dealkylation sites (N-methyl/N-ethyl adjacent to an activating group) is 2.